The topological polar surface area (TPSA) is 65.9 Å². The van der Waals surface area contributed by atoms with Crippen LogP contribution in [-0.2, 0) is 10.3 Å². The third-order valence-corrected chi connectivity index (χ3v) is 6.39. The standard InChI is InChI=1S/C25H27N3O3/c1-18-6-8-19(9-7-18)25(30)10-11-28(17-25)24(29)21-16-23(27-12-14-31-15-13-27)26-22-5-3-2-4-20(21)22/h2-9,16,30H,10-15,17H2,1H3. The van der Waals surface area contributed by atoms with Gasteiger partial charge in [-0.25, -0.2) is 4.98 Å². The number of para-hydroxylation sites is 1. The van der Waals surface area contributed by atoms with Crippen molar-refractivity contribution in [3.8, 4) is 0 Å². The third-order valence-electron chi connectivity index (χ3n) is 6.39. The first kappa shape index (κ1) is 20.0. The molecule has 1 unspecified atom stereocenters. The number of fused-ring (bicyclic) bond motifs is 1. The van der Waals surface area contributed by atoms with Crippen molar-refractivity contribution in [1.82, 2.24) is 9.88 Å². The molecule has 0 spiro atoms. The molecule has 2 aliphatic heterocycles. The van der Waals surface area contributed by atoms with E-state index in [4.69, 9.17) is 9.72 Å². The second-order valence-electron chi connectivity index (χ2n) is 8.52. The zero-order valence-electron chi connectivity index (χ0n) is 17.8. The molecule has 2 aromatic carbocycles. The van der Waals surface area contributed by atoms with Crippen LogP contribution >= 0.6 is 0 Å². The van der Waals surface area contributed by atoms with Gasteiger partial charge in [-0.1, -0.05) is 48.0 Å². The van der Waals surface area contributed by atoms with Crippen LogP contribution in [0.1, 0.15) is 27.9 Å². The summed E-state index contributed by atoms with van der Waals surface area (Å²) in [6.45, 7) is 5.68. The maximum Gasteiger partial charge on any atom is 0.254 e. The number of hydrogen-bond donors (Lipinski definition) is 1. The van der Waals surface area contributed by atoms with Crippen molar-refractivity contribution in [1.29, 1.82) is 0 Å². The number of nitrogens with zero attached hydrogens (tertiary/aromatic N) is 3. The molecule has 6 nitrogen and oxygen atoms in total. The van der Waals surface area contributed by atoms with Crippen LogP contribution in [0.25, 0.3) is 10.9 Å². The lowest BCUT2D eigenvalue weighted by Gasteiger charge is -2.29. The lowest BCUT2D eigenvalue weighted by molar-refractivity contribution is 0.0418. The zero-order chi connectivity index (χ0) is 21.4. The van der Waals surface area contributed by atoms with Crippen LogP contribution in [0.3, 0.4) is 0 Å². The fourth-order valence-corrected chi connectivity index (χ4v) is 4.53. The number of likely N-dealkylation sites (tertiary alicyclic amines) is 1. The molecule has 1 amide bonds. The van der Waals surface area contributed by atoms with Crippen LogP contribution < -0.4 is 4.90 Å². The molecule has 3 aromatic rings. The summed E-state index contributed by atoms with van der Waals surface area (Å²) in [4.78, 5) is 22.4. The molecule has 1 aromatic heterocycles. The molecule has 2 fully saturated rings. The summed E-state index contributed by atoms with van der Waals surface area (Å²) in [5, 5.41) is 12.1. The monoisotopic (exact) mass is 417 g/mol. The minimum absolute atomic E-state index is 0.0591. The molecule has 0 saturated carbocycles. The van der Waals surface area contributed by atoms with Gasteiger partial charge in [0.2, 0.25) is 0 Å². The first-order valence-electron chi connectivity index (χ1n) is 10.8. The predicted molar refractivity (Wildman–Crippen MR) is 120 cm³/mol. The van der Waals surface area contributed by atoms with Gasteiger partial charge >= 0.3 is 0 Å². The number of carbonyl (C=O) groups excluding carboxylic acids is 1. The number of ether oxygens (including phenoxy) is 1. The Morgan fingerprint density at radius 1 is 1.06 bits per heavy atom. The molecule has 0 aliphatic carbocycles. The Bertz CT molecular complexity index is 1110. The summed E-state index contributed by atoms with van der Waals surface area (Å²) in [7, 11) is 0. The normalized spacial score (nSPS) is 21.6. The van der Waals surface area contributed by atoms with Crippen molar-refractivity contribution in [3.05, 3.63) is 71.3 Å². The van der Waals surface area contributed by atoms with Crippen LogP contribution in [0, 0.1) is 6.92 Å². The van der Waals surface area contributed by atoms with E-state index in [0.717, 1.165) is 40.9 Å². The molecule has 5 rings (SSSR count). The van der Waals surface area contributed by atoms with Crippen LogP contribution in [0.4, 0.5) is 5.82 Å². The van der Waals surface area contributed by atoms with E-state index in [-0.39, 0.29) is 5.91 Å². The Kier molecular flexibility index (Phi) is 5.12. The van der Waals surface area contributed by atoms with E-state index in [0.29, 0.717) is 38.3 Å². The molecule has 31 heavy (non-hydrogen) atoms. The number of anilines is 1. The number of carbonyl (C=O) groups is 1. The first-order valence-corrected chi connectivity index (χ1v) is 10.8. The number of morpholine rings is 1. The van der Waals surface area contributed by atoms with E-state index < -0.39 is 5.60 Å². The molecule has 1 N–H and O–H groups in total. The second kappa shape index (κ2) is 7.94. The Morgan fingerprint density at radius 2 is 1.81 bits per heavy atom. The van der Waals surface area contributed by atoms with Crippen LogP contribution in [0.5, 0.6) is 0 Å². The highest BCUT2D eigenvalue weighted by Gasteiger charge is 2.40. The lowest BCUT2D eigenvalue weighted by atomic mass is 9.92. The number of amides is 1. The van der Waals surface area contributed by atoms with E-state index in [9.17, 15) is 9.90 Å². The summed E-state index contributed by atoms with van der Waals surface area (Å²) in [5.74, 6) is 0.745. The van der Waals surface area contributed by atoms with Gasteiger partial charge < -0.3 is 19.6 Å². The predicted octanol–water partition coefficient (Wildman–Crippen LogP) is 3.11. The van der Waals surface area contributed by atoms with Crippen molar-refractivity contribution in [3.63, 3.8) is 0 Å². The van der Waals surface area contributed by atoms with Crippen molar-refractivity contribution in [2.75, 3.05) is 44.3 Å². The minimum Gasteiger partial charge on any atom is -0.383 e. The molecule has 2 saturated heterocycles. The molecule has 0 bridgehead atoms. The van der Waals surface area contributed by atoms with Gasteiger partial charge in [-0.2, -0.15) is 0 Å². The molecule has 0 radical (unpaired) electrons. The van der Waals surface area contributed by atoms with Gasteiger partial charge in [-0.15, -0.1) is 0 Å². The highest BCUT2D eigenvalue weighted by Crippen LogP contribution is 2.34. The maximum absolute atomic E-state index is 13.6. The quantitative estimate of drug-likeness (QED) is 0.709. The molecular weight excluding hydrogens is 390 g/mol. The molecular formula is C25H27N3O3. The van der Waals surface area contributed by atoms with Gasteiger partial charge in [0.05, 0.1) is 30.8 Å². The molecule has 1 atom stereocenters. The van der Waals surface area contributed by atoms with E-state index in [1.54, 1.807) is 4.90 Å². The zero-order valence-corrected chi connectivity index (χ0v) is 17.8. The number of β-amino-alcohol motifs (C(OH)–C–C–N with tert-alkyl or cyclic N) is 1. The number of pyridine rings is 1. The van der Waals surface area contributed by atoms with E-state index in [1.165, 1.54) is 0 Å². The van der Waals surface area contributed by atoms with E-state index in [1.807, 2.05) is 61.5 Å². The molecule has 2 aliphatic rings. The fraction of sp³-hybridized carbons (Fsp3) is 0.360. The maximum atomic E-state index is 13.6. The summed E-state index contributed by atoms with van der Waals surface area (Å²) >= 11 is 0. The largest absolute Gasteiger partial charge is 0.383 e. The van der Waals surface area contributed by atoms with E-state index in [2.05, 4.69) is 4.90 Å². The van der Waals surface area contributed by atoms with Gasteiger partial charge in [-0.3, -0.25) is 4.79 Å². The number of hydrogen-bond acceptors (Lipinski definition) is 5. The third kappa shape index (κ3) is 3.77. The number of aryl methyl sites for hydroxylation is 1. The molecule has 160 valence electrons. The van der Waals surface area contributed by atoms with Gasteiger partial charge in [0.1, 0.15) is 11.4 Å². The summed E-state index contributed by atoms with van der Waals surface area (Å²) in [6, 6.07) is 17.6. The Hall–Kier alpha value is -2.96. The first-order chi connectivity index (χ1) is 15.0. The average molecular weight is 418 g/mol. The SMILES string of the molecule is Cc1ccc(C2(O)CCN(C(=O)c3cc(N4CCOCC4)nc4ccccc34)C2)cc1. The minimum atomic E-state index is -1.01. The molecule has 3 heterocycles. The van der Waals surface area contributed by atoms with Crippen molar-refractivity contribution in [2.24, 2.45) is 0 Å². The van der Waals surface area contributed by atoms with Crippen molar-refractivity contribution < 1.29 is 14.6 Å². The number of benzene rings is 2. The summed E-state index contributed by atoms with van der Waals surface area (Å²) in [5.41, 5.74) is 2.45. The Morgan fingerprint density at radius 3 is 2.58 bits per heavy atom. The number of aliphatic hydroxyl groups is 1. The number of rotatable bonds is 3. The van der Waals surface area contributed by atoms with Crippen LogP contribution in [0.2, 0.25) is 0 Å². The fourth-order valence-electron chi connectivity index (χ4n) is 4.53. The highest BCUT2D eigenvalue weighted by molar-refractivity contribution is 6.07. The highest BCUT2D eigenvalue weighted by atomic mass is 16.5. The second-order valence-corrected chi connectivity index (χ2v) is 8.52. The lowest BCUT2D eigenvalue weighted by Crippen LogP contribution is -2.37. The van der Waals surface area contributed by atoms with Gasteiger partial charge in [0, 0.05) is 25.0 Å². The van der Waals surface area contributed by atoms with Crippen LogP contribution in [0.15, 0.2) is 54.6 Å². The van der Waals surface area contributed by atoms with Crippen molar-refractivity contribution in [2.45, 2.75) is 18.9 Å². The summed E-state index contributed by atoms with van der Waals surface area (Å²) in [6.07, 6.45) is 0.529. The molecule has 6 heteroatoms. The Labute approximate surface area is 182 Å². The smallest absolute Gasteiger partial charge is 0.254 e. The van der Waals surface area contributed by atoms with E-state index >= 15 is 0 Å². The summed E-state index contributed by atoms with van der Waals surface area (Å²) < 4.78 is 5.47. The van der Waals surface area contributed by atoms with Gasteiger partial charge in [0.25, 0.3) is 5.91 Å². The van der Waals surface area contributed by atoms with Crippen molar-refractivity contribution >= 4 is 22.6 Å². The van der Waals surface area contributed by atoms with Gasteiger partial charge in [-0.05, 0) is 31.0 Å². The Balaban J connectivity index is 1.47. The number of aromatic nitrogens is 1. The van der Waals surface area contributed by atoms with Gasteiger partial charge in [0.15, 0.2) is 0 Å². The van der Waals surface area contributed by atoms with Crippen LogP contribution in [-0.4, -0.2) is 60.3 Å². The average Bonchev–Trinajstić information content (AvgIpc) is 3.22.